The molecule has 1 amide bonds. The number of amides is 1. The minimum Gasteiger partial charge on any atom is -0.448 e. The van der Waals surface area contributed by atoms with E-state index in [9.17, 15) is 4.79 Å². The van der Waals surface area contributed by atoms with Gasteiger partial charge in [0.05, 0.1) is 0 Å². The first-order valence-corrected chi connectivity index (χ1v) is 4.97. The van der Waals surface area contributed by atoms with E-state index in [0.717, 1.165) is 11.3 Å². The lowest BCUT2D eigenvalue weighted by Crippen LogP contribution is -2.14. The van der Waals surface area contributed by atoms with Gasteiger partial charge in [0.15, 0.2) is 0 Å². The summed E-state index contributed by atoms with van der Waals surface area (Å²) in [5, 5.41) is 2.62. The lowest BCUT2D eigenvalue weighted by Gasteiger charge is -2.05. The predicted molar refractivity (Wildman–Crippen MR) is 60.0 cm³/mol. The number of aryl methyl sites for hydroxylation is 1. The zero-order chi connectivity index (χ0) is 10.4. The predicted octanol–water partition coefficient (Wildman–Crippen LogP) is 2.47. The molecule has 0 aliphatic rings. The minimum atomic E-state index is -0.440. The van der Waals surface area contributed by atoms with E-state index in [2.05, 4.69) is 17.9 Å². The van der Waals surface area contributed by atoms with E-state index in [1.54, 1.807) is 0 Å². The average molecular weight is 211 g/mol. The molecule has 0 spiro atoms. The summed E-state index contributed by atoms with van der Waals surface area (Å²) in [6, 6.07) is 7.53. The van der Waals surface area contributed by atoms with Crippen LogP contribution in [0.15, 0.2) is 24.3 Å². The van der Waals surface area contributed by atoms with Crippen molar-refractivity contribution in [2.24, 2.45) is 0 Å². The van der Waals surface area contributed by atoms with Crippen molar-refractivity contribution >= 4 is 24.4 Å². The van der Waals surface area contributed by atoms with Crippen LogP contribution in [0.3, 0.4) is 0 Å². The Labute approximate surface area is 88.9 Å². The van der Waals surface area contributed by atoms with Crippen molar-refractivity contribution in [1.82, 2.24) is 0 Å². The Balaban J connectivity index is 2.47. The van der Waals surface area contributed by atoms with Gasteiger partial charge < -0.3 is 4.74 Å². The second-order valence-electron chi connectivity index (χ2n) is 2.85. The van der Waals surface area contributed by atoms with Gasteiger partial charge in [0.25, 0.3) is 0 Å². The lowest BCUT2D eigenvalue weighted by molar-refractivity contribution is 0.169. The number of carbonyl (C=O) groups is 1. The highest BCUT2D eigenvalue weighted by Gasteiger charge is 2.01. The molecule has 1 aromatic carbocycles. The van der Waals surface area contributed by atoms with Gasteiger partial charge in [-0.1, -0.05) is 12.1 Å². The average Bonchev–Trinajstić information content (AvgIpc) is 2.15. The molecule has 0 saturated heterocycles. The zero-order valence-electron chi connectivity index (χ0n) is 7.99. The van der Waals surface area contributed by atoms with Crippen molar-refractivity contribution in [2.75, 3.05) is 17.7 Å². The number of rotatable bonds is 3. The van der Waals surface area contributed by atoms with Crippen molar-refractivity contribution in [3.63, 3.8) is 0 Å². The maximum Gasteiger partial charge on any atom is 0.411 e. The normalized spacial score (nSPS) is 9.57. The molecule has 3 nitrogen and oxygen atoms in total. The van der Waals surface area contributed by atoms with Crippen LogP contribution < -0.4 is 5.32 Å². The Morgan fingerprint density at radius 1 is 1.57 bits per heavy atom. The van der Waals surface area contributed by atoms with E-state index >= 15 is 0 Å². The Morgan fingerprint density at radius 3 is 3.00 bits per heavy atom. The van der Waals surface area contributed by atoms with E-state index in [4.69, 9.17) is 4.74 Å². The van der Waals surface area contributed by atoms with Gasteiger partial charge in [0.1, 0.15) is 6.61 Å². The number of hydrogen-bond donors (Lipinski definition) is 2. The maximum atomic E-state index is 11.1. The summed E-state index contributed by atoms with van der Waals surface area (Å²) < 4.78 is 4.81. The monoisotopic (exact) mass is 211 g/mol. The van der Waals surface area contributed by atoms with Gasteiger partial charge in [-0.2, -0.15) is 12.6 Å². The van der Waals surface area contributed by atoms with Crippen LogP contribution >= 0.6 is 12.6 Å². The molecular formula is C10H13NO2S. The molecule has 0 atom stereocenters. The molecule has 76 valence electrons. The fourth-order valence-electron chi connectivity index (χ4n) is 1.02. The number of carbonyl (C=O) groups excluding carboxylic acids is 1. The lowest BCUT2D eigenvalue weighted by atomic mass is 10.2. The minimum absolute atomic E-state index is 0.320. The molecule has 1 N–H and O–H groups in total. The smallest absolute Gasteiger partial charge is 0.411 e. The van der Waals surface area contributed by atoms with E-state index in [0.29, 0.717) is 12.4 Å². The summed E-state index contributed by atoms with van der Waals surface area (Å²) in [5.41, 5.74) is 1.84. The molecular weight excluding hydrogens is 198 g/mol. The Kier molecular flexibility index (Phi) is 4.32. The first-order chi connectivity index (χ1) is 6.72. The van der Waals surface area contributed by atoms with Crippen molar-refractivity contribution in [2.45, 2.75) is 6.92 Å². The van der Waals surface area contributed by atoms with Crippen LogP contribution in [-0.4, -0.2) is 18.5 Å². The summed E-state index contributed by atoms with van der Waals surface area (Å²) in [6.07, 6.45) is -0.440. The van der Waals surface area contributed by atoms with E-state index in [1.165, 1.54) is 0 Å². The van der Waals surface area contributed by atoms with Gasteiger partial charge in [0.2, 0.25) is 0 Å². The molecule has 0 saturated carbocycles. The molecule has 0 unspecified atom stereocenters. The number of anilines is 1. The van der Waals surface area contributed by atoms with Gasteiger partial charge in [-0.05, 0) is 24.6 Å². The SMILES string of the molecule is Cc1cccc(NC(=O)OCCS)c1. The van der Waals surface area contributed by atoms with Crippen LogP contribution in [0.4, 0.5) is 10.5 Å². The molecule has 1 rings (SSSR count). The quantitative estimate of drug-likeness (QED) is 0.754. The van der Waals surface area contributed by atoms with Gasteiger partial charge in [-0.25, -0.2) is 4.79 Å². The molecule has 0 aliphatic heterocycles. The topological polar surface area (TPSA) is 38.3 Å². The third-order valence-electron chi connectivity index (χ3n) is 1.59. The molecule has 0 aromatic heterocycles. The summed E-state index contributed by atoms with van der Waals surface area (Å²) in [6.45, 7) is 2.28. The van der Waals surface area contributed by atoms with E-state index < -0.39 is 6.09 Å². The molecule has 1 aromatic rings. The second kappa shape index (κ2) is 5.54. The first kappa shape index (κ1) is 10.9. The maximum absolute atomic E-state index is 11.1. The van der Waals surface area contributed by atoms with Crippen LogP contribution in [0, 0.1) is 6.92 Å². The number of thiol groups is 1. The highest BCUT2D eigenvalue weighted by molar-refractivity contribution is 7.80. The summed E-state index contributed by atoms with van der Waals surface area (Å²) >= 11 is 3.93. The fourth-order valence-corrected chi connectivity index (χ4v) is 1.11. The van der Waals surface area contributed by atoms with E-state index in [1.807, 2.05) is 31.2 Å². The zero-order valence-corrected chi connectivity index (χ0v) is 8.88. The Bertz CT molecular complexity index is 315. The summed E-state index contributed by atoms with van der Waals surface area (Å²) in [7, 11) is 0. The largest absolute Gasteiger partial charge is 0.448 e. The van der Waals surface area contributed by atoms with Gasteiger partial charge in [0, 0.05) is 11.4 Å². The molecule has 0 radical (unpaired) electrons. The second-order valence-corrected chi connectivity index (χ2v) is 3.30. The number of hydrogen-bond acceptors (Lipinski definition) is 3. The fraction of sp³-hybridized carbons (Fsp3) is 0.300. The van der Waals surface area contributed by atoms with Crippen LogP contribution in [0.2, 0.25) is 0 Å². The Hall–Kier alpha value is -1.16. The molecule has 4 heteroatoms. The Morgan fingerprint density at radius 2 is 2.36 bits per heavy atom. The van der Waals surface area contributed by atoms with Crippen molar-refractivity contribution in [3.05, 3.63) is 29.8 Å². The van der Waals surface area contributed by atoms with Crippen LogP contribution in [0.1, 0.15) is 5.56 Å². The number of nitrogens with one attached hydrogen (secondary N) is 1. The highest BCUT2D eigenvalue weighted by atomic mass is 32.1. The summed E-state index contributed by atoms with van der Waals surface area (Å²) in [5.74, 6) is 0.529. The third-order valence-corrected chi connectivity index (χ3v) is 1.77. The molecule has 14 heavy (non-hydrogen) atoms. The summed E-state index contributed by atoms with van der Waals surface area (Å²) in [4.78, 5) is 11.1. The van der Waals surface area contributed by atoms with Crippen molar-refractivity contribution in [3.8, 4) is 0 Å². The van der Waals surface area contributed by atoms with Crippen molar-refractivity contribution < 1.29 is 9.53 Å². The molecule has 0 fully saturated rings. The van der Waals surface area contributed by atoms with Crippen molar-refractivity contribution in [1.29, 1.82) is 0 Å². The third kappa shape index (κ3) is 3.70. The number of benzene rings is 1. The molecule has 0 aliphatic carbocycles. The molecule has 0 bridgehead atoms. The molecule has 0 heterocycles. The number of ether oxygens (including phenoxy) is 1. The highest BCUT2D eigenvalue weighted by Crippen LogP contribution is 2.09. The van der Waals surface area contributed by atoms with Gasteiger partial charge >= 0.3 is 6.09 Å². The van der Waals surface area contributed by atoms with Crippen LogP contribution in [0.5, 0.6) is 0 Å². The standard InChI is InChI=1S/C10H13NO2S/c1-8-3-2-4-9(7-8)11-10(12)13-5-6-14/h2-4,7,14H,5-6H2,1H3,(H,11,12). The van der Waals surface area contributed by atoms with Gasteiger partial charge in [-0.15, -0.1) is 0 Å². The first-order valence-electron chi connectivity index (χ1n) is 4.33. The van der Waals surface area contributed by atoms with Gasteiger partial charge in [-0.3, -0.25) is 5.32 Å². The van der Waals surface area contributed by atoms with Crippen LogP contribution in [0.25, 0.3) is 0 Å². The van der Waals surface area contributed by atoms with E-state index in [-0.39, 0.29) is 0 Å². The van der Waals surface area contributed by atoms with Crippen LogP contribution in [-0.2, 0) is 4.74 Å².